The van der Waals surface area contributed by atoms with Crippen LogP contribution in [-0.2, 0) is 24.2 Å². The number of carbonyl (C=O) groups excluding carboxylic acids is 2. The molecule has 10 heteroatoms. The van der Waals surface area contributed by atoms with Gasteiger partial charge in [-0.25, -0.2) is 0 Å². The van der Waals surface area contributed by atoms with Gasteiger partial charge in [0.15, 0.2) is 5.78 Å². The molecule has 0 unspecified atom stereocenters. The monoisotopic (exact) mass is 411 g/mol. The fourth-order valence-electron chi connectivity index (χ4n) is 3.39. The van der Waals surface area contributed by atoms with Gasteiger partial charge in [-0.2, -0.15) is 4.68 Å². The van der Waals surface area contributed by atoms with Gasteiger partial charge < -0.3 is 15.4 Å². The van der Waals surface area contributed by atoms with Crippen LogP contribution in [0.25, 0.3) is 0 Å². The Kier molecular flexibility index (Phi) is 5.17. The Balaban J connectivity index is 1.61. The molecule has 0 atom stereocenters. The van der Waals surface area contributed by atoms with Gasteiger partial charge in [-0.15, -0.1) is 11.3 Å². The zero-order chi connectivity index (χ0) is 20.4. The molecule has 29 heavy (non-hydrogen) atoms. The highest BCUT2D eigenvalue weighted by Crippen LogP contribution is 2.39. The molecule has 3 aromatic rings. The molecule has 0 saturated carbocycles. The average molecular weight is 411 g/mol. The molecule has 0 bridgehead atoms. The van der Waals surface area contributed by atoms with E-state index < -0.39 is 16.8 Å². The predicted molar refractivity (Wildman–Crippen MR) is 106 cm³/mol. The molecule has 0 fully saturated rings. The van der Waals surface area contributed by atoms with E-state index in [2.05, 4.69) is 15.4 Å². The number of rotatable bonds is 6. The van der Waals surface area contributed by atoms with Crippen LogP contribution in [0, 0.1) is 10.1 Å². The molecular formula is C19H17N5O4S. The van der Waals surface area contributed by atoms with Gasteiger partial charge in [-0.1, -0.05) is 35.3 Å². The number of ketones is 1. The van der Waals surface area contributed by atoms with Crippen molar-refractivity contribution in [1.29, 1.82) is 0 Å². The number of nitrogens with one attached hydrogen (secondary N) is 1. The minimum Gasteiger partial charge on any atom is -0.390 e. The summed E-state index contributed by atoms with van der Waals surface area (Å²) in [6, 6.07) is 8.98. The second-order valence-electron chi connectivity index (χ2n) is 6.66. The Bertz CT molecular complexity index is 1090. The van der Waals surface area contributed by atoms with Crippen molar-refractivity contribution in [3.8, 4) is 0 Å². The van der Waals surface area contributed by atoms with Crippen LogP contribution >= 0.6 is 11.3 Å². The molecule has 1 N–H and O–H groups in total. The second-order valence-corrected chi connectivity index (χ2v) is 7.76. The maximum absolute atomic E-state index is 13.2. The molecule has 1 aliphatic carbocycles. The molecule has 1 aromatic carbocycles. The van der Waals surface area contributed by atoms with E-state index in [-0.39, 0.29) is 12.3 Å². The van der Waals surface area contributed by atoms with Crippen LogP contribution < -0.4 is 5.32 Å². The first-order chi connectivity index (χ1) is 14.0. The SMILES string of the molecule is O=C(Cn1cnc([N+](=O)[O-])n1)Nc1sc2c(c1C(=O)c1ccccc1)CCCC2. The number of hydrogen-bond acceptors (Lipinski definition) is 7. The highest BCUT2D eigenvalue weighted by molar-refractivity contribution is 7.17. The summed E-state index contributed by atoms with van der Waals surface area (Å²) in [4.78, 5) is 40.3. The summed E-state index contributed by atoms with van der Waals surface area (Å²) >= 11 is 1.43. The summed E-state index contributed by atoms with van der Waals surface area (Å²) in [5.41, 5.74) is 2.14. The zero-order valence-corrected chi connectivity index (χ0v) is 16.1. The van der Waals surface area contributed by atoms with E-state index in [4.69, 9.17) is 0 Å². The zero-order valence-electron chi connectivity index (χ0n) is 15.3. The third-order valence-corrected chi connectivity index (χ3v) is 5.89. The summed E-state index contributed by atoms with van der Waals surface area (Å²) in [5, 5.41) is 17.7. The van der Waals surface area contributed by atoms with E-state index in [1.54, 1.807) is 12.1 Å². The normalized spacial score (nSPS) is 13.0. The number of aromatic nitrogens is 3. The molecule has 0 radical (unpaired) electrons. The second kappa shape index (κ2) is 7.92. The third-order valence-electron chi connectivity index (χ3n) is 4.68. The third kappa shape index (κ3) is 3.92. The van der Waals surface area contributed by atoms with E-state index in [0.717, 1.165) is 47.1 Å². The molecule has 148 valence electrons. The molecular weight excluding hydrogens is 394 g/mol. The van der Waals surface area contributed by atoms with E-state index in [1.165, 1.54) is 11.3 Å². The Morgan fingerprint density at radius 3 is 2.69 bits per heavy atom. The Labute approximate surface area is 169 Å². The molecule has 1 amide bonds. The van der Waals surface area contributed by atoms with Gasteiger partial charge in [0.2, 0.25) is 12.2 Å². The molecule has 0 spiro atoms. The maximum atomic E-state index is 13.2. The molecule has 2 aromatic heterocycles. The fourth-order valence-corrected chi connectivity index (χ4v) is 4.69. The first kappa shape index (κ1) is 18.9. The summed E-state index contributed by atoms with van der Waals surface area (Å²) in [6.07, 6.45) is 4.90. The van der Waals surface area contributed by atoms with Crippen molar-refractivity contribution in [2.45, 2.75) is 32.2 Å². The number of hydrogen-bond donors (Lipinski definition) is 1. The van der Waals surface area contributed by atoms with E-state index in [0.29, 0.717) is 16.1 Å². The number of anilines is 1. The van der Waals surface area contributed by atoms with Gasteiger partial charge in [-0.05, 0) is 36.2 Å². The lowest BCUT2D eigenvalue weighted by Gasteiger charge is -2.12. The van der Waals surface area contributed by atoms with Gasteiger partial charge >= 0.3 is 5.95 Å². The minimum atomic E-state index is -0.724. The van der Waals surface area contributed by atoms with Crippen LogP contribution in [0.1, 0.15) is 39.2 Å². The van der Waals surface area contributed by atoms with Crippen LogP contribution in [0.15, 0.2) is 36.7 Å². The fraction of sp³-hybridized carbons (Fsp3) is 0.263. The van der Waals surface area contributed by atoms with Crippen molar-refractivity contribution in [3.05, 3.63) is 68.3 Å². The van der Waals surface area contributed by atoms with Crippen molar-refractivity contribution >= 4 is 34.0 Å². The number of thiophene rings is 1. The Hall–Kier alpha value is -3.40. The van der Waals surface area contributed by atoms with Crippen LogP contribution in [0.4, 0.5) is 10.9 Å². The topological polar surface area (TPSA) is 120 Å². The van der Waals surface area contributed by atoms with Crippen LogP contribution in [0.5, 0.6) is 0 Å². The standard InChI is InChI=1S/C19H17N5O4S/c25-15(10-23-11-20-19(22-23)24(27)28)21-18-16(13-8-4-5-9-14(13)29-18)17(26)12-6-2-1-3-7-12/h1-3,6-7,11H,4-5,8-10H2,(H,21,25). The van der Waals surface area contributed by atoms with E-state index in [9.17, 15) is 19.7 Å². The number of benzene rings is 1. The molecule has 9 nitrogen and oxygen atoms in total. The first-order valence-corrected chi connectivity index (χ1v) is 9.92. The van der Waals surface area contributed by atoms with Crippen LogP contribution in [-0.4, -0.2) is 31.4 Å². The number of fused-ring (bicyclic) bond motifs is 1. The number of amides is 1. The lowest BCUT2D eigenvalue weighted by atomic mass is 9.92. The van der Waals surface area contributed by atoms with Crippen LogP contribution in [0.3, 0.4) is 0 Å². The maximum Gasteiger partial charge on any atom is 0.490 e. The van der Waals surface area contributed by atoms with Crippen molar-refractivity contribution in [1.82, 2.24) is 14.8 Å². The first-order valence-electron chi connectivity index (χ1n) is 9.11. The molecule has 4 rings (SSSR count). The summed E-state index contributed by atoms with van der Waals surface area (Å²) in [6.45, 7) is -0.234. The lowest BCUT2D eigenvalue weighted by Crippen LogP contribution is -2.20. The predicted octanol–water partition coefficient (Wildman–Crippen LogP) is 3.00. The van der Waals surface area contributed by atoms with Crippen molar-refractivity contribution in [2.24, 2.45) is 0 Å². The van der Waals surface area contributed by atoms with E-state index >= 15 is 0 Å². The van der Waals surface area contributed by atoms with Gasteiger partial charge in [-0.3, -0.25) is 9.59 Å². The summed E-state index contributed by atoms with van der Waals surface area (Å²) in [5.74, 6) is -1.11. The number of nitrogens with zero attached hydrogens (tertiary/aromatic N) is 4. The molecule has 0 aliphatic heterocycles. The summed E-state index contributed by atoms with van der Waals surface area (Å²) in [7, 11) is 0. The lowest BCUT2D eigenvalue weighted by molar-refractivity contribution is -0.394. The Morgan fingerprint density at radius 1 is 1.21 bits per heavy atom. The quantitative estimate of drug-likeness (QED) is 0.378. The molecule has 2 heterocycles. The van der Waals surface area contributed by atoms with Gasteiger partial charge in [0.1, 0.15) is 11.5 Å². The number of carbonyl (C=O) groups is 2. The van der Waals surface area contributed by atoms with Crippen molar-refractivity contribution < 1.29 is 14.5 Å². The summed E-state index contributed by atoms with van der Waals surface area (Å²) < 4.78 is 1.10. The Morgan fingerprint density at radius 2 is 1.97 bits per heavy atom. The van der Waals surface area contributed by atoms with Crippen molar-refractivity contribution in [2.75, 3.05) is 5.32 Å². The van der Waals surface area contributed by atoms with Crippen molar-refractivity contribution in [3.63, 3.8) is 0 Å². The van der Waals surface area contributed by atoms with Gasteiger partial charge in [0, 0.05) is 15.5 Å². The smallest absolute Gasteiger partial charge is 0.390 e. The number of nitro groups is 1. The van der Waals surface area contributed by atoms with Gasteiger partial charge in [0.05, 0.1) is 5.56 Å². The average Bonchev–Trinajstić information content (AvgIpc) is 3.32. The van der Waals surface area contributed by atoms with E-state index in [1.807, 2.05) is 18.2 Å². The molecule has 0 saturated heterocycles. The molecule has 1 aliphatic rings. The number of aryl methyl sites for hydroxylation is 1. The van der Waals surface area contributed by atoms with Crippen LogP contribution in [0.2, 0.25) is 0 Å². The highest BCUT2D eigenvalue weighted by atomic mass is 32.1. The highest BCUT2D eigenvalue weighted by Gasteiger charge is 2.27. The largest absolute Gasteiger partial charge is 0.490 e. The minimum absolute atomic E-state index is 0.114. The van der Waals surface area contributed by atoms with Gasteiger partial charge in [0.25, 0.3) is 0 Å².